The number of hydrogen-bond donors (Lipinski definition) is 0. The van der Waals surface area contributed by atoms with Gasteiger partial charge in [0.2, 0.25) is 0 Å². The van der Waals surface area contributed by atoms with Crippen molar-refractivity contribution < 1.29 is 0 Å². The van der Waals surface area contributed by atoms with E-state index in [1.165, 1.54) is 6.42 Å². The molecule has 0 radical (unpaired) electrons. The van der Waals surface area contributed by atoms with Crippen LogP contribution in [-0.4, -0.2) is 0 Å². The Hall–Kier alpha value is -0.520. The Kier molecular flexibility index (Phi) is 0.555. The van der Waals surface area contributed by atoms with Crippen molar-refractivity contribution in [2.75, 3.05) is 0 Å². The van der Waals surface area contributed by atoms with Crippen molar-refractivity contribution in [3.05, 3.63) is 24.3 Å². The minimum Gasteiger partial charge on any atom is -0.0876 e. The third-order valence-corrected chi connectivity index (χ3v) is 3.03. The van der Waals surface area contributed by atoms with Gasteiger partial charge in [0, 0.05) is 0 Å². The molecule has 0 saturated heterocycles. The summed E-state index contributed by atoms with van der Waals surface area (Å²) in [4.78, 5) is 0. The van der Waals surface area contributed by atoms with Crippen LogP contribution in [-0.2, 0) is 0 Å². The van der Waals surface area contributed by atoms with Crippen molar-refractivity contribution in [2.24, 2.45) is 23.7 Å². The van der Waals surface area contributed by atoms with Gasteiger partial charge in [0.05, 0.1) is 0 Å². The predicted octanol–water partition coefficient (Wildman–Crippen LogP) is 1.99. The zero-order valence-corrected chi connectivity index (χ0v) is 5.33. The molecule has 0 unspecified atom stereocenters. The van der Waals surface area contributed by atoms with Crippen LogP contribution in [0, 0.1) is 23.7 Å². The highest BCUT2D eigenvalue weighted by molar-refractivity contribution is 5.28. The fourth-order valence-electron chi connectivity index (χ4n) is 2.50. The molecule has 0 nitrogen and oxygen atoms in total. The van der Waals surface area contributed by atoms with E-state index < -0.39 is 0 Å². The topological polar surface area (TPSA) is 0 Å². The Balaban J connectivity index is 2.08. The summed E-state index contributed by atoms with van der Waals surface area (Å²) in [7, 11) is 0. The zero-order valence-electron chi connectivity index (χ0n) is 5.33. The Morgan fingerprint density at radius 3 is 2.67 bits per heavy atom. The Morgan fingerprint density at radius 1 is 1.00 bits per heavy atom. The molecule has 3 aliphatic rings. The van der Waals surface area contributed by atoms with Crippen LogP contribution >= 0.6 is 0 Å². The molecule has 4 atom stereocenters. The Morgan fingerprint density at radius 2 is 1.89 bits per heavy atom. The third-order valence-electron chi connectivity index (χ3n) is 3.03. The summed E-state index contributed by atoms with van der Waals surface area (Å²) in [6.07, 6.45) is 10.9. The third kappa shape index (κ3) is 0.375. The second-order valence-corrected chi connectivity index (χ2v) is 3.44. The first-order chi connectivity index (χ1) is 4.47. The molecule has 1 saturated carbocycles. The minimum absolute atomic E-state index is 0.935. The van der Waals surface area contributed by atoms with Crippen molar-refractivity contribution in [1.82, 2.24) is 0 Å². The first-order valence-electron chi connectivity index (χ1n) is 3.82. The zero-order chi connectivity index (χ0) is 5.84. The predicted molar refractivity (Wildman–Crippen MR) is 36.9 cm³/mol. The second-order valence-electron chi connectivity index (χ2n) is 3.44. The van der Waals surface area contributed by atoms with Crippen molar-refractivity contribution in [3.63, 3.8) is 0 Å². The SMILES string of the molecule is C1=C[C@@H]2[C@@H]3C=C[C@@H](C1)[C@H]23. The summed E-state index contributed by atoms with van der Waals surface area (Å²) in [5, 5.41) is 0. The first-order valence-corrected chi connectivity index (χ1v) is 3.82. The summed E-state index contributed by atoms with van der Waals surface area (Å²) >= 11 is 0. The number of hydrogen-bond acceptors (Lipinski definition) is 0. The van der Waals surface area contributed by atoms with Crippen LogP contribution in [0.25, 0.3) is 0 Å². The molecule has 0 N–H and O–H groups in total. The molecule has 0 aromatic carbocycles. The van der Waals surface area contributed by atoms with E-state index in [0.717, 1.165) is 23.7 Å². The lowest BCUT2D eigenvalue weighted by atomic mass is 9.95. The van der Waals surface area contributed by atoms with Crippen LogP contribution in [0.1, 0.15) is 6.42 Å². The summed E-state index contributed by atoms with van der Waals surface area (Å²) in [5.41, 5.74) is 0. The van der Waals surface area contributed by atoms with Gasteiger partial charge < -0.3 is 0 Å². The molecular formula is C9H10. The van der Waals surface area contributed by atoms with Crippen LogP contribution in [0.2, 0.25) is 0 Å². The Labute approximate surface area is 55.3 Å². The van der Waals surface area contributed by atoms with Crippen molar-refractivity contribution in [3.8, 4) is 0 Å². The second kappa shape index (κ2) is 1.16. The van der Waals surface area contributed by atoms with Crippen LogP contribution in [0.3, 0.4) is 0 Å². The largest absolute Gasteiger partial charge is 0.0876 e. The lowest BCUT2D eigenvalue weighted by Crippen LogP contribution is -2.00. The molecule has 0 spiro atoms. The highest BCUT2D eigenvalue weighted by Crippen LogP contribution is 2.60. The van der Waals surface area contributed by atoms with E-state index in [4.69, 9.17) is 0 Å². The molecule has 0 aliphatic heterocycles. The smallest absolute Gasteiger partial charge is 0.0127 e. The highest BCUT2D eigenvalue weighted by atomic mass is 14.6. The van der Waals surface area contributed by atoms with Gasteiger partial charge in [0.1, 0.15) is 0 Å². The van der Waals surface area contributed by atoms with Crippen LogP contribution < -0.4 is 0 Å². The van der Waals surface area contributed by atoms with E-state index >= 15 is 0 Å². The molecule has 1 fully saturated rings. The van der Waals surface area contributed by atoms with Crippen molar-refractivity contribution in [1.29, 1.82) is 0 Å². The maximum Gasteiger partial charge on any atom is -0.0127 e. The van der Waals surface area contributed by atoms with Gasteiger partial charge in [-0.1, -0.05) is 24.3 Å². The normalized spacial score (nSPS) is 57.8. The summed E-state index contributed by atoms with van der Waals surface area (Å²) < 4.78 is 0. The number of fused-ring (bicyclic) bond motifs is 1. The standard InChI is InChI=1S/C9H10/c1-2-6-4-5-8-7(3-1)9(6)8/h1,3-9H,2H2/t6-,7-,8+,9-/m1/s1. The molecular weight excluding hydrogens is 108 g/mol. The summed E-state index contributed by atoms with van der Waals surface area (Å²) in [5.74, 6) is 3.92. The maximum atomic E-state index is 2.42. The van der Waals surface area contributed by atoms with Crippen LogP contribution in [0.15, 0.2) is 24.3 Å². The van der Waals surface area contributed by atoms with Crippen molar-refractivity contribution in [2.45, 2.75) is 6.42 Å². The van der Waals surface area contributed by atoms with Gasteiger partial charge in [-0.3, -0.25) is 0 Å². The summed E-state index contributed by atoms with van der Waals surface area (Å²) in [6, 6.07) is 0. The molecule has 0 bridgehead atoms. The van der Waals surface area contributed by atoms with Crippen LogP contribution in [0.5, 0.6) is 0 Å². The van der Waals surface area contributed by atoms with E-state index in [9.17, 15) is 0 Å². The number of allylic oxidation sites excluding steroid dienone is 4. The van der Waals surface area contributed by atoms with E-state index in [1.807, 2.05) is 0 Å². The van der Waals surface area contributed by atoms with E-state index in [-0.39, 0.29) is 0 Å². The van der Waals surface area contributed by atoms with E-state index in [2.05, 4.69) is 24.3 Å². The molecule has 0 amide bonds. The molecule has 0 aromatic rings. The summed E-state index contributed by atoms with van der Waals surface area (Å²) in [6.45, 7) is 0. The molecule has 3 rings (SSSR count). The van der Waals surface area contributed by atoms with Gasteiger partial charge in [-0.2, -0.15) is 0 Å². The fourth-order valence-corrected chi connectivity index (χ4v) is 2.50. The average molecular weight is 118 g/mol. The van der Waals surface area contributed by atoms with E-state index in [1.54, 1.807) is 0 Å². The minimum atomic E-state index is 0.935. The van der Waals surface area contributed by atoms with Crippen molar-refractivity contribution >= 4 is 0 Å². The molecule has 46 valence electrons. The van der Waals surface area contributed by atoms with Gasteiger partial charge >= 0.3 is 0 Å². The lowest BCUT2D eigenvalue weighted by molar-refractivity contribution is 0.546. The quantitative estimate of drug-likeness (QED) is 0.427. The van der Waals surface area contributed by atoms with Gasteiger partial charge in [-0.15, -0.1) is 0 Å². The highest BCUT2D eigenvalue weighted by Gasteiger charge is 2.54. The molecule has 3 aliphatic carbocycles. The fraction of sp³-hybridized carbons (Fsp3) is 0.556. The monoisotopic (exact) mass is 118 g/mol. The average Bonchev–Trinajstić information content (AvgIpc) is 2.35. The molecule has 9 heavy (non-hydrogen) atoms. The number of rotatable bonds is 0. The molecule has 0 heteroatoms. The van der Waals surface area contributed by atoms with Gasteiger partial charge in [0.15, 0.2) is 0 Å². The molecule has 0 aromatic heterocycles. The van der Waals surface area contributed by atoms with Gasteiger partial charge in [-0.05, 0) is 30.1 Å². The molecule has 0 heterocycles. The lowest BCUT2D eigenvalue weighted by Gasteiger charge is -2.10. The maximum absolute atomic E-state index is 2.42. The Bertz CT molecular complexity index is 200. The van der Waals surface area contributed by atoms with E-state index in [0.29, 0.717) is 0 Å². The first kappa shape index (κ1) is 4.32. The van der Waals surface area contributed by atoms with Crippen LogP contribution in [0.4, 0.5) is 0 Å². The van der Waals surface area contributed by atoms with Gasteiger partial charge in [0.25, 0.3) is 0 Å². The van der Waals surface area contributed by atoms with Gasteiger partial charge in [-0.25, -0.2) is 0 Å².